The van der Waals surface area contributed by atoms with Crippen molar-refractivity contribution in [3.8, 4) is 23.0 Å². The summed E-state index contributed by atoms with van der Waals surface area (Å²) in [5.41, 5.74) is -0.413. The van der Waals surface area contributed by atoms with E-state index in [1.807, 2.05) is 0 Å². The number of benzene rings is 4. The number of carbonyl (C=O) groups is 10. The van der Waals surface area contributed by atoms with Crippen LogP contribution in [0.4, 0.5) is 0 Å². The monoisotopic (exact) mass is 1010 g/mol. The van der Waals surface area contributed by atoms with Crippen LogP contribution in [0.3, 0.4) is 0 Å². The van der Waals surface area contributed by atoms with Gasteiger partial charge in [0, 0.05) is 0 Å². The van der Waals surface area contributed by atoms with Gasteiger partial charge in [-0.05, 0) is 55.5 Å². The van der Waals surface area contributed by atoms with Crippen LogP contribution in [0, 0.1) is 0 Å². The first kappa shape index (κ1) is 58.1. The van der Waals surface area contributed by atoms with Crippen molar-refractivity contribution >= 4 is 59.5 Å². The number of hydrogen-bond donors (Lipinski definition) is 2. The van der Waals surface area contributed by atoms with Gasteiger partial charge in [0.15, 0.2) is 5.78 Å². The number of hydrogen-bond acceptors (Lipinski definition) is 22. The SMILES string of the molecule is COC(=O)c1ccccc1OC(=O)COCCOCC(=O)Oc1ccccc1C(=O)OC(=O)COCCOCC(C)=O.O=C(COCCOCC(=O)Oc1ccccc1C(=O)O)Oc1ccccc1C(=O)O. The van der Waals surface area contributed by atoms with Gasteiger partial charge in [0.05, 0.1) is 46.8 Å². The van der Waals surface area contributed by atoms with E-state index in [0.717, 1.165) is 0 Å². The highest BCUT2D eigenvalue weighted by molar-refractivity contribution is 6.00. The Bertz CT molecular complexity index is 2420. The van der Waals surface area contributed by atoms with Crippen LogP contribution in [0.25, 0.3) is 0 Å². The van der Waals surface area contributed by atoms with Crippen molar-refractivity contribution in [1.82, 2.24) is 0 Å². The Morgan fingerprint density at radius 3 is 0.931 bits per heavy atom. The molecule has 2 N–H and O–H groups in total. The van der Waals surface area contributed by atoms with Gasteiger partial charge in [-0.2, -0.15) is 0 Å². The van der Waals surface area contributed by atoms with E-state index in [9.17, 15) is 47.9 Å². The van der Waals surface area contributed by atoms with E-state index in [0.29, 0.717) is 0 Å². The first-order valence-electron chi connectivity index (χ1n) is 21.0. The molecule has 384 valence electrons. The van der Waals surface area contributed by atoms with Crippen molar-refractivity contribution in [3.63, 3.8) is 0 Å². The molecule has 0 unspecified atom stereocenters. The summed E-state index contributed by atoms with van der Waals surface area (Å²) < 4.78 is 59.9. The minimum absolute atomic E-state index is 0.00543. The van der Waals surface area contributed by atoms with E-state index in [1.165, 1.54) is 99.0 Å². The molecule has 0 radical (unpaired) electrons. The highest BCUT2D eigenvalue weighted by Gasteiger charge is 2.21. The third-order valence-corrected chi connectivity index (χ3v) is 8.26. The summed E-state index contributed by atoms with van der Waals surface area (Å²) in [5.74, 6) is -8.87. The molecule has 0 atom stereocenters. The second kappa shape index (κ2) is 32.5. The number of aromatic carboxylic acids is 2. The molecule has 0 aliphatic rings. The molecular weight excluding hydrogens is 961 g/mol. The molecule has 0 saturated carbocycles. The molecule has 4 aromatic rings. The highest BCUT2D eigenvalue weighted by Crippen LogP contribution is 2.22. The van der Waals surface area contributed by atoms with Crippen molar-refractivity contribution in [2.75, 3.05) is 86.4 Å². The average molecular weight is 1010 g/mol. The maximum atomic E-state index is 12.4. The lowest BCUT2D eigenvalue weighted by Gasteiger charge is -2.10. The fourth-order valence-electron chi connectivity index (χ4n) is 5.17. The molecule has 4 aromatic carbocycles. The van der Waals surface area contributed by atoms with Crippen molar-refractivity contribution in [2.24, 2.45) is 0 Å². The second-order valence-electron chi connectivity index (χ2n) is 13.8. The molecule has 0 aromatic heterocycles. The Morgan fingerprint density at radius 2 is 0.625 bits per heavy atom. The van der Waals surface area contributed by atoms with Gasteiger partial charge in [0.1, 0.15) is 84.9 Å². The predicted octanol–water partition coefficient (Wildman–Crippen LogP) is 2.95. The molecule has 0 amide bonds. The molecule has 72 heavy (non-hydrogen) atoms. The van der Waals surface area contributed by atoms with Crippen molar-refractivity contribution < 1.29 is 115 Å². The summed E-state index contributed by atoms with van der Waals surface area (Å²) in [6, 6.07) is 23.0. The molecule has 0 heterocycles. The summed E-state index contributed by atoms with van der Waals surface area (Å²) in [6.07, 6.45) is 0. The zero-order valence-electron chi connectivity index (χ0n) is 38.6. The summed E-state index contributed by atoms with van der Waals surface area (Å²) in [6.45, 7) is -1.28. The van der Waals surface area contributed by atoms with Gasteiger partial charge < -0.3 is 67.1 Å². The maximum Gasteiger partial charge on any atom is 0.349 e. The lowest BCUT2D eigenvalue weighted by Crippen LogP contribution is -2.22. The Kier molecular flexibility index (Phi) is 26.2. The van der Waals surface area contributed by atoms with Gasteiger partial charge in [-0.1, -0.05) is 48.5 Å². The number of esters is 7. The highest BCUT2D eigenvalue weighted by atomic mass is 16.6. The lowest BCUT2D eigenvalue weighted by atomic mass is 10.2. The summed E-state index contributed by atoms with van der Waals surface area (Å²) in [4.78, 5) is 116. The van der Waals surface area contributed by atoms with E-state index in [-0.39, 0.29) is 97.3 Å². The smallest absolute Gasteiger partial charge is 0.349 e. The molecular formula is C48H48O24. The Balaban J connectivity index is 0.000000402. The molecule has 0 aliphatic heterocycles. The minimum atomic E-state index is -1.23. The van der Waals surface area contributed by atoms with Gasteiger partial charge in [-0.3, -0.25) is 4.79 Å². The average Bonchev–Trinajstić information content (AvgIpc) is 3.35. The number of Topliss-reactive ketones (excluding diaryl/α,β-unsaturated/α-hetero) is 1. The number of rotatable bonds is 29. The van der Waals surface area contributed by atoms with Crippen LogP contribution in [-0.2, 0) is 66.7 Å². The van der Waals surface area contributed by atoms with Gasteiger partial charge in [0.25, 0.3) is 0 Å². The third-order valence-electron chi connectivity index (χ3n) is 8.26. The Labute approximate surface area is 409 Å². The van der Waals surface area contributed by atoms with Gasteiger partial charge >= 0.3 is 53.7 Å². The number of carboxylic acid groups (broad SMARTS) is 2. The number of ketones is 1. The third kappa shape index (κ3) is 22.4. The van der Waals surface area contributed by atoms with Crippen LogP contribution in [0.15, 0.2) is 97.1 Å². The first-order chi connectivity index (χ1) is 34.6. The molecule has 0 saturated heterocycles. The van der Waals surface area contributed by atoms with Crippen molar-refractivity contribution in [3.05, 3.63) is 119 Å². The first-order valence-corrected chi connectivity index (χ1v) is 21.0. The van der Waals surface area contributed by atoms with E-state index < -0.39 is 86.8 Å². The number of methoxy groups -OCH3 is 1. The topological polar surface area (TPSA) is 322 Å². The van der Waals surface area contributed by atoms with E-state index in [1.54, 1.807) is 12.1 Å². The summed E-state index contributed by atoms with van der Waals surface area (Å²) in [7, 11) is 1.20. The molecule has 0 bridgehead atoms. The zero-order chi connectivity index (χ0) is 52.7. The Hall–Kier alpha value is -8.26. The quantitative estimate of drug-likeness (QED) is 0.0342. The van der Waals surface area contributed by atoms with Gasteiger partial charge in [-0.25, -0.2) is 43.2 Å². The molecule has 24 nitrogen and oxygen atoms in total. The van der Waals surface area contributed by atoms with Crippen LogP contribution in [-0.4, -0.2) is 156 Å². The van der Waals surface area contributed by atoms with E-state index in [2.05, 4.69) is 4.74 Å². The van der Waals surface area contributed by atoms with Gasteiger partial charge in [0.2, 0.25) is 0 Å². The van der Waals surface area contributed by atoms with Crippen LogP contribution < -0.4 is 18.9 Å². The van der Waals surface area contributed by atoms with Crippen molar-refractivity contribution in [1.29, 1.82) is 0 Å². The summed E-state index contributed by atoms with van der Waals surface area (Å²) >= 11 is 0. The second-order valence-corrected chi connectivity index (χ2v) is 13.8. The fraction of sp³-hybridized carbons (Fsp3) is 0.292. The molecule has 4 rings (SSSR count). The number of carboxylic acids is 2. The standard InChI is InChI=1S/C28H30O14.C20H18O10/c1-19(29)15-36-11-12-39-18-26(32)42-28(34)21-8-4-6-10-23(21)41-25(31)17-38-14-13-37-16-24(30)40-22-9-5-3-7-20(22)27(33)35-2;21-17(29-15-7-3-1-5-13(15)19(23)24)11-27-9-10-28-12-18(22)30-16-8-4-2-6-14(16)20(25)26/h3-10H,11-18H2,1-2H3;1-8H,9-12H2,(H,23,24)(H,25,26). The van der Waals surface area contributed by atoms with Crippen LogP contribution in [0.2, 0.25) is 0 Å². The summed E-state index contributed by atoms with van der Waals surface area (Å²) in [5, 5.41) is 18.1. The minimum Gasteiger partial charge on any atom is -0.478 e. The van der Waals surface area contributed by atoms with E-state index >= 15 is 0 Å². The number of para-hydroxylation sites is 4. The largest absolute Gasteiger partial charge is 0.478 e. The van der Waals surface area contributed by atoms with Crippen LogP contribution in [0.5, 0.6) is 23.0 Å². The number of ether oxygens (including phenoxy) is 12. The van der Waals surface area contributed by atoms with Gasteiger partial charge in [-0.15, -0.1) is 0 Å². The molecule has 0 aliphatic carbocycles. The van der Waals surface area contributed by atoms with Crippen LogP contribution in [0.1, 0.15) is 48.4 Å². The van der Waals surface area contributed by atoms with Crippen LogP contribution >= 0.6 is 0 Å². The maximum absolute atomic E-state index is 12.4. The van der Waals surface area contributed by atoms with Crippen molar-refractivity contribution in [2.45, 2.75) is 6.92 Å². The molecule has 0 fully saturated rings. The molecule has 24 heteroatoms. The lowest BCUT2D eigenvalue weighted by molar-refractivity contribution is -0.144. The molecule has 0 spiro atoms. The van der Waals surface area contributed by atoms with E-state index in [4.69, 9.17) is 62.3 Å². The Morgan fingerprint density at radius 1 is 0.361 bits per heavy atom. The number of carbonyl (C=O) groups excluding carboxylic acids is 8. The zero-order valence-corrected chi connectivity index (χ0v) is 38.6. The fourth-order valence-corrected chi connectivity index (χ4v) is 5.17. The normalized spacial score (nSPS) is 10.4. The predicted molar refractivity (Wildman–Crippen MR) is 240 cm³/mol.